The van der Waals surface area contributed by atoms with Crippen LogP contribution in [0.25, 0.3) is 22.0 Å². The maximum Gasteiger partial charge on any atom is 0.411 e. The summed E-state index contributed by atoms with van der Waals surface area (Å²) in [4.78, 5) is 28.2. The van der Waals surface area contributed by atoms with E-state index in [2.05, 4.69) is 5.10 Å². The third-order valence-electron chi connectivity index (χ3n) is 6.60. The summed E-state index contributed by atoms with van der Waals surface area (Å²) in [6.45, 7) is 1.00. The largest absolute Gasteiger partial charge is 0.465 e. The Bertz CT molecular complexity index is 1310. The molecule has 0 bridgehead atoms. The molecule has 35 heavy (non-hydrogen) atoms. The second-order valence-corrected chi connectivity index (χ2v) is 9.49. The molecule has 4 heterocycles. The highest BCUT2D eigenvalue weighted by atomic mass is 35.5. The number of anilines is 1. The van der Waals surface area contributed by atoms with Gasteiger partial charge in [0.1, 0.15) is 11.9 Å². The number of carbonyl (C=O) groups excluding carboxylic acids is 1. The molecule has 10 nitrogen and oxygen atoms in total. The van der Waals surface area contributed by atoms with Crippen molar-refractivity contribution in [2.24, 2.45) is 0 Å². The Morgan fingerprint density at radius 1 is 1.31 bits per heavy atom. The van der Waals surface area contributed by atoms with Crippen LogP contribution in [0.5, 0.6) is 0 Å². The van der Waals surface area contributed by atoms with Gasteiger partial charge in [-0.1, -0.05) is 23.2 Å². The van der Waals surface area contributed by atoms with Crippen molar-refractivity contribution in [3.8, 4) is 11.1 Å². The molecule has 186 valence electrons. The number of likely N-dealkylation sites (N-methyl/N-ethyl adjacent to an activating group) is 1. The van der Waals surface area contributed by atoms with Gasteiger partial charge in [-0.05, 0) is 25.3 Å². The molecular weight excluding hydrogens is 497 g/mol. The number of fused-ring (bicyclic) bond motifs is 3. The fraction of sp³-hybridized carbons (Fsp3) is 0.435. The number of hydrogen-bond donors (Lipinski definition) is 2. The van der Waals surface area contributed by atoms with Gasteiger partial charge in [0.15, 0.2) is 0 Å². The lowest BCUT2D eigenvalue weighted by Gasteiger charge is -2.26. The quantitative estimate of drug-likeness (QED) is 0.523. The molecule has 1 atom stereocenters. The number of aromatic nitrogens is 3. The first-order chi connectivity index (χ1) is 16.8. The summed E-state index contributed by atoms with van der Waals surface area (Å²) in [6, 6.07) is 1.47. The molecule has 0 spiro atoms. The molecule has 1 saturated heterocycles. The SMILES string of the molecule is CN1CCn2c(c(-c3cnn(C4CCCCO4)c3)c3c(N(CCO)C(=O)O)cc(Cl)c(Cl)c32)C1=O. The fourth-order valence-corrected chi connectivity index (χ4v) is 5.36. The predicted molar refractivity (Wildman–Crippen MR) is 131 cm³/mol. The Labute approximate surface area is 211 Å². The molecule has 1 unspecified atom stereocenters. The van der Waals surface area contributed by atoms with Crippen molar-refractivity contribution in [1.29, 1.82) is 0 Å². The van der Waals surface area contributed by atoms with Crippen LogP contribution in [0.15, 0.2) is 18.5 Å². The molecule has 12 heteroatoms. The first kappa shape index (κ1) is 23.9. The van der Waals surface area contributed by atoms with E-state index in [1.165, 1.54) is 6.07 Å². The number of ether oxygens (including phenoxy) is 1. The summed E-state index contributed by atoms with van der Waals surface area (Å²) in [5.74, 6) is -0.216. The lowest BCUT2D eigenvalue weighted by Crippen LogP contribution is -2.37. The highest BCUT2D eigenvalue weighted by Gasteiger charge is 2.35. The van der Waals surface area contributed by atoms with Gasteiger partial charge in [0, 0.05) is 49.5 Å². The molecule has 2 aliphatic rings. The van der Waals surface area contributed by atoms with Crippen molar-refractivity contribution in [3.63, 3.8) is 0 Å². The molecule has 2 amide bonds. The lowest BCUT2D eigenvalue weighted by atomic mass is 10.0. The van der Waals surface area contributed by atoms with Gasteiger partial charge in [-0.25, -0.2) is 9.48 Å². The van der Waals surface area contributed by atoms with Crippen molar-refractivity contribution in [2.45, 2.75) is 32.0 Å². The van der Waals surface area contributed by atoms with Gasteiger partial charge >= 0.3 is 6.09 Å². The Kier molecular flexibility index (Phi) is 6.39. The summed E-state index contributed by atoms with van der Waals surface area (Å²) < 4.78 is 9.40. The van der Waals surface area contributed by atoms with Crippen LogP contribution in [-0.2, 0) is 11.3 Å². The van der Waals surface area contributed by atoms with E-state index < -0.39 is 12.7 Å². The number of hydrogen-bond acceptors (Lipinski definition) is 5. The minimum absolute atomic E-state index is 0.155. The number of halogens is 2. The van der Waals surface area contributed by atoms with Crippen LogP contribution in [0.2, 0.25) is 10.0 Å². The monoisotopic (exact) mass is 521 g/mol. The third kappa shape index (κ3) is 3.94. The number of aliphatic hydroxyl groups excluding tert-OH is 1. The Morgan fingerprint density at radius 2 is 2.11 bits per heavy atom. The van der Waals surface area contributed by atoms with Crippen LogP contribution in [0.4, 0.5) is 10.5 Å². The van der Waals surface area contributed by atoms with E-state index in [9.17, 15) is 19.8 Å². The number of benzene rings is 1. The number of amides is 2. The number of carbonyl (C=O) groups is 2. The van der Waals surface area contributed by atoms with Crippen molar-refractivity contribution in [3.05, 3.63) is 34.2 Å². The van der Waals surface area contributed by atoms with Crippen LogP contribution in [0.3, 0.4) is 0 Å². The predicted octanol–water partition coefficient (Wildman–Crippen LogP) is 4.07. The molecule has 2 N–H and O–H groups in total. The zero-order chi connectivity index (χ0) is 24.9. The number of nitrogens with zero attached hydrogens (tertiary/aromatic N) is 5. The summed E-state index contributed by atoms with van der Waals surface area (Å²) in [5.41, 5.74) is 2.26. The topological polar surface area (TPSA) is 113 Å². The van der Waals surface area contributed by atoms with E-state index in [4.69, 9.17) is 27.9 Å². The highest BCUT2D eigenvalue weighted by molar-refractivity contribution is 6.46. The van der Waals surface area contributed by atoms with E-state index in [0.717, 1.165) is 24.2 Å². The first-order valence-electron chi connectivity index (χ1n) is 11.4. The van der Waals surface area contributed by atoms with Crippen molar-refractivity contribution in [2.75, 3.05) is 38.3 Å². The number of aliphatic hydroxyl groups is 1. The van der Waals surface area contributed by atoms with Crippen molar-refractivity contribution < 1.29 is 24.5 Å². The fourth-order valence-electron chi connectivity index (χ4n) is 4.91. The third-order valence-corrected chi connectivity index (χ3v) is 7.37. The Balaban J connectivity index is 1.82. The first-order valence-corrected chi connectivity index (χ1v) is 12.2. The van der Waals surface area contributed by atoms with Gasteiger partial charge in [-0.15, -0.1) is 0 Å². The molecule has 0 radical (unpaired) electrons. The number of rotatable bonds is 5. The Hall–Kier alpha value is -2.79. The van der Waals surface area contributed by atoms with Crippen LogP contribution in [0.1, 0.15) is 36.0 Å². The normalized spacial score (nSPS) is 18.2. The summed E-state index contributed by atoms with van der Waals surface area (Å²) >= 11 is 13.1. The molecule has 2 aliphatic heterocycles. The second-order valence-electron chi connectivity index (χ2n) is 8.71. The zero-order valence-electron chi connectivity index (χ0n) is 19.1. The molecule has 3 aromatic rings. The van der Waals surface area contributed by atoms with Crippen molar-refractivity contribution in [1.82, 2.24) is 19.2 Å². The maximum atomic E-state index is 13.4. The van der Waals surface area contributed by atoms with Gasteiger partial charge in [0.25, 0.3) is 5.91 Å². The van der Waals surface area contributed by atoms with Crippen LogP contribution in [0, 0.1) is 0 Å². The molecular formula is C23H25Cl2N5O5. The smallest absolute Gasteiger partial charge is 0.411 e. The van der Waals surface area contributed by atoms with E-state index in [1.54, 1.807) is 27.4 Å². The summed E-state index contributed by atoms with van der Waals surface area (Å²) in [7, 11) is 1.72. The average molecular weight is 522 g/mol. The lowest BCUT2D eigenvalue weighted by molar-refractivity contribution is -0.0394. The van der Waals surface area contributed by atoms with E-state index in [1.807, 2.05) is 6.20 Å². The maximum absolute atomic E-state index is 13.4. The molecule has 0 saturated carbocycles. The zero-order valence-corrected chi connectivity index (χ0v) is 20.6. The van der Waals surface area contributed by atoms with E-state index in [-0.39, 0.29) is 34.4 Å². The summed E-state index contributed by atoms with van der Waals surface area (Å²) in [5, 5.41) is 24.9. The molecule has 0 aliphatic carbocycles. The highest BCUT2D eigenvalue weighted by Crippen LogP contribution is 2.47. The van der Waals surface area contributed by atoms with Gasteiger partial charge in [-0.3, -0.25) is 9.69 Å². The van der Waals surface area contributed by atoms with Gasteiger partial charge in [-0.2, -0.15) is 5.10 Å². The molecule has 1 fully saturated rings. The van der Waals surface area contributed by atoms with Gasteiger partial charge in [0.05, 0.1) is 40.6 Å². The second kappa shape index (κ2) is 9.34. The van der Waals surface area contributed by atoms with Crippen LogP contribution in [-0.4, -0.2) is 74.8 Å². The van der Waals surface area contributed by atoms with Crippen LogP contribution >= 0.6 is 23.2 Å². The minimum atomic E-state index is -1.26. The van der Waals surface area contributed by atoms with E-state index in [0.29, 0.717) is 47.4 Å². The average Bonchev–Trinajstić information content (AvgIpc) is 3.46. The molecule has 2 aromatic heterocycles. The number of carboxylic acid groups (broad SMARTS) is 1. The van der Waals surface area contributed by atoms with E-state index >= 15 is 0 Å². The Morgan fingerprint density at radius 3 is 2.80 bits per heavy atom. The summed E-state index contributed by atoms with van der Waals surface area (Å²) in [6.07, 6.45) is 4.86. The standard InChI is InChI=1S/C23H25Cl2N5O5/c1-27-5-6-29-20-18(15(10-14(24)19(20)25)28(7-8-31)23(33)34)17(21(29)22(27)32)13-11-26-30(12-13)16-4-2-3-9-35-16/h10-12,16,31H,2-9H2,1H3,(H,33,34). The molecule has 5 rings (SSSR count). The molecule has 1 aromatic carbocycles. The van der Waals surface area contributed by atoms with Crippen molar-refractivity contribution >= 4 is 51.8 Å². The van der Waals surface area contributed by atoms with Gasteiger partial charge < -0.3 is 24.4 Å². The van der Waals surface area contributed by atoms with Gasteiger partial charge in [0.2, 0.25) is 0 Å². The minimum Gasteiger partial charge on any atom is -0.465 e. The van der Waals surface area contributed by atoms with Crippen LogP contribution < -0.4 is 4.90 Å².